The summed E-state index contributed by atoms with van der Waals surface area (Å²) in [4.78, 5) is 0. The van der Waals surface area contributed by atoms with Crippen LogP contribution in [0.5, 0.6) is 0 Å². The maximum atomic E-state index is 14.4. The molecular weight excluding hydrogens is 223 g/mol. The summed E-state index contributed by atoms with van der Waals surface area (Å²) in [6.07, 6.45) is 0. The molecule has 0 fully saturated rings. The van der Waals surface area contributed by atoms with Gasteiger partial charge in [-0.25, -0.2) is 4.39 Å². The van der Waals surface area contributed by atoms with Gasteiger partial charge in [0.1, 0.15) is 5.82 Å². The molecule has 1 rings (SSSR count). The zero-order valence-corrected chi connectivity index (χ0v) is 13.5. The first kappa shape index (κ1) is 17.2. The Kier molecular flexibility index (Phi) is 5.58. The van der Waals surface area contributed by atoms with E-state index in [9.17, 15) is 4.39 Å². The Morgan fingerprint density at radius 2 is 1.06 bits per heavy atom. The van der Waals surface area contributed by atoms with Crippen molar-refractivity contribution in [2.24, 2.45) is 0 Å². The van der Waals surface area contributed by atoms with Gasteiger partial charge in [0.2, 0.25) is 0 Å². The largest absolute Gasteiger partial charge is 0.206 e. The molecule has 0 amide bonds. The van der Waals surface area contributed by atoms with Crippen LogP contribution in [0.15, 0.2) is 12.1 Å². The van der Waals surface area contributed by atoms with E-state index in [1.807, 2.05) is 32.9 Å². The van der Waals surface area contributed by atoms with Crippen LogP contribution in [-0.2, 0) is 10.8 Å². The van der Waals surface area contributed by atoms with Gasteiger partial charge in [0.15, 0.2) is 0 Å². The zero-order chi connectivity index (χ0) is 14.7. The summed E-state index contributed by atoms with van der Waals surface area (Å²) >= 11 is 0. The van der Waals surface area contributed by atoms with Crippen LogP contribution in [-0.4, -0.2) is 0 Å². The minimum absolute atomic E-state index is 0.0365. The minimum Gasteiger partial charge on any atom is -0.206 e. The second-order valence-electron chi connectivity index (χ2n) is 6.67. The molecule has 0 atom stereocenters. The molecule has 0 aliphatic rings. The van der Waals surface area contributed by atoms with Crippen molar-refractivity contribution in [3.63, 3.8) is 0 Å². The normalized spacial score (nSPS) is 11.9. The van der Waals surface area contributed by atoms with Crippen molar-refractivity contribution in [3.8, 4) is 0 Å². The van der Waals surface area contributed by atoms with Crippen molar-refractivity contribution in [2.45, 2.75) is 73.1 Å². The van der Waals surface area contributed by atoms with Gasteiger partial charge >= 0.3 is 0 Å². The fourth-order valence-electron chi connectivity index (χ4n) is 1.86. The highest BCUT2D eigenvalue weighted by Gasteiger charge is 2.26. The second kappa shape index (κ2) is 5.86. The Bertz CT molecular complexity index is 354. The van der Waals surface area contributed by atoms with E-state index in [-0.39, 0.29) is 16.6 Å². The van der Waals surface area contributed by atoms with Gasteiger partial charge in [-0.3, -0.25) is 0 Å². The van der Waals surface area contributed by atoms with Crippen molar-refractivity contribution in [3.05, 3.63) is 34.6 Å². The Balaban J connectivity index is 0.00000137. The molecule has 104 valence electrons. The molecule has 0 bridgehead atoms. The number of rotatable bonds is 0. The maximum absolute atomic E-state index is 14.4. The molecule has 0 aliphatic carbocycles. The van der Waals surface area contributed by atoms with Gasteiger partial charge in [0.05, 0.1) is 0 Å². The summed E-state index contributed by atoms with van der Waals surface area (Å²) in [5, 5.41) is 0. The summed E-state index contributed by atoms with van der Waals surface area (Å²) in [6, 6.07) is 3.93. The molecule has 0 heterocycles. The lowest BCUT2D eigenvalue weighted by Crippen LogP contribution is -2.20. The fourth-order valence-corrected chi connectivity index (χ4v) is 1.86. The topological polar surface area (TPSA) is 0 Å². The smallest absolute Gasteiger partial charge is 0.130 e. The fraction of sp³-hybridized carbons (Fsp3) is 0.647. The molecule has 1 aromatic rings. The maximum Gasteiger partial charge on any atom is 0.130 e. The third kappa shape index (κ3) is 4.12. The van der Waals surface area contributed by atoms with E-state index in [1.165, 1.54) is 0 Å². The van der Waals surface area contributed by atoms with E-state index in [0.29, 0.717) is 0 Å². The second-order valence-corrected chi connectivity index (χ2v) is 6.67. The summed E-state index contributed by atoms with van der Waals surface area (Å²) in [7, 11) is 0. The first-order valence-electron chi connectivity index (χ1n) is 6.84. The van der Waals surface area contributed by atoms with Crippen molar-refractivity contribution in [1.29, 1.82) is 0 Å². The predicted molar refractivity (Wildman–Crippen MR) is 79.9 cm³/mol. The third-order valence-corrected chi connectivity index (χ3v) is 2.83. The van der Waals surface area contributed by atoms with Gasteiger partial charge in [-0.05, 0) is 28.9 Å². The van der Waals surface area contributed by atoms with Crippen molar-refractivity contribution < 1.29 is 4.39 Å². The summed E-state index contributed by atoms with van der Waals surface area (Å²) in [5.74, 6) is -0.0365. The average Bonchev–Trinajstić information content (AvgIpc) is 2.21. The van der Waals surface area contributed by atoms with E-state index < -0.39 is 0 Å². The van der Waals surface area contributed by atoms with Crippen molar-refractivity contribution in [1.82, 2.24) is 0 Å². The molecule has 0 radical (unpaired) electrons. The monoisotopic (exact) mass is 252 g/mol. The lowest BCUT2D eigenvalue weighted by molar-refractivity contribution is 0.480. The molecule has 0 N–H and O–H groups in total. The predicted octanol–water partition coefficient (Wildman–Crippen LogP) is 5.76. The van der Waals surface area contributed by atoms with Crippen LogP contribution < -0.4 is 0 Å². The molecule has 0 nitrogen and oxygen atoms in total. The molecule has 1 aromatic carbocycles. The highest BCUT2D eigenvalue weighted by atomic mass is 19.1. The molecule has 18 heavy (non-hydrogen) atoms. The molecule has 0 aromatic heterocycles. The van der Waals surface area contributed by atoms with Crippen LogP contribution in [0.2, 0.25) is 0 Å². The van der Waals surface area contributed by atoms with Gasteiger partial charge in [0.25, 0.3) is 0 Å². The number of aryl methyl sites for hydroxylation is 1. The van der Waals surface area contributed by atoms with E-state index in [0.717, 1.165) is 16.7 Å². The summed E-state index contributed by atoms with van der Waals surface area (Å²) in [6.45, 7) is 18.3. The molecular formula is C17H29F. The number of halogens is 1. The third-order valence-electron chi connectivity index (χ3n) is 2.83. The highest BCUT2D eigenvalue weighted by Crippen LogP contribution is 2.33. The van der Waals surface area contributed by atoms with E-state index >= 15 is 0 Å². The summed E-state index contributed by atoms with van der Waals surface area (Å²) < 4.78 is 14.4. The van der Waals surface area contributed by atoms with E-state index in [4.69, 9.17) is 0 Å². The van der Waals surface area contributed by atoms with Crippen LogP contribution in [0.1, 0.15) is 72.1 Å². The van der Waals surface area contributed by atoms with Crippen molar-refractivity contribution >= 4 is 0 Å². The standard InChI is InChI=1S/C15H23F.C2H6/c1-10-8-11(14(2,3)4)13(16)12(9-10)15(5,6)7;1-2/h8-9H,1-7H3;1-2H3. The molecule has 0 unspecified atom stereocenters. The van der Waals surface area contributed by atoms with E-state index in [1.54, 1.807) is 0 Å². The van der Waals surface area contributed by atoms with Gasteiger partial charge < -0.3 is 0 Å². The highest BCUT2D eigenvalue weighted by molar-refractivity contribution is 5.38. The van der Waals surface area contributed by atoms with Crippen LogP contribution >= 0.6 is 0 Å². The van der Waals surface area contributed by atoms with Gasteiger partial charge in [-0.2, -0.15) is 0 Å². The van der Waals surface area contributed by atoms with Crippen molar-refractivity contribution in [2.75, 3.05) is 0 Å². The number of hydrogen-bond acceptors (Lipinski definition) is 0. The van der Waals surface area contributed by atoms with Gasteiger partial charge in [0, 0.05) is 0 Å². The SMILES string of the molecule is CC.Cc1cc(C(C)(C)C)c(F)c(C(C)(C)C)c1. The number of benzene rings is 1. The van der Waals surface area contributed by atoms with Crippen LogP contribution in [0.25, 0.3) is 0 Å². The summed E-state index contributed by atoms with van der Waals surface area (Å²) in [5.41, 5.74) is 2.48. The molecule has 0 spiro atoms. The lowest BCUT2D eigenvalue weighted by atomic mass is 9.79. The Labute approximate surface area is 113 Å². The van der Waals surface area contributed by atoms with Gasteiger partial charge in [-0.15, -0.1) is 0 Å². The zero-order valence-electron chi connectivity index (χ0n) is 13.5. The lowest BCUT2D eigenvalue weighted by Gasteiger charge is -2.27. The Hall–Kier alpha value is -0.850. The molecule has 0 saturated carbocycles. The minimum atomic E-state index is -0.143. The molecule has 1 heteroatoms. The molecule has 0 saturated heterocycles. The first-order valence-corrected chi connectivity index (χ1v) is 6.84. The molecule has 0 aliphatic heterocycles. The van der Waals surface area contributed by atoms with E-state index in [2.05, 4.69) is 41.5 Å². The Morgan fingerprint density at radius 1 is 0.778 bits per heavy atom. The first-order chi connectivity index (χ1) is 8.03. The number of hydrogen-bond donors (Lipinski definition) is 0. The van der Waals surface area contributed by atoms with Crippen LogP contribution in [0.3, 0.4) is 0 Å². The van der Waals surface area contributed by atoms with Gasteiger partial charge in [-0.1, -0.05) is 73.1 Å². The quantitative estimate of drug-likeness (QED) is 0.551. The Morgan fingerprint density at radius 3 is 1.28 bits per heavy atom. The van der Waals surface area contributed by atoms with Crippen LogP contribution in [0.4, 0.5) is 4.39 Å². The van der Waals surface area contributed by atoms with Crippen LogP contribution in [0, 0.1) is 12.7 Å². The average molecular weight is 252 g/mol.